The van der Waals surface area contributed by atoms with Gasteiger partial charge in [-0.2, -0.15) is 0 Å². The summed E-state index contributed by atoms with van der Waals surface area (Å²) in [5, 5.41) is 3.46. The molecule has 0 amide bonds. The van der Waals surface area contributed by atoms with Gasteiger partial charge in [0.05, 0.1) is 12.0 Å². The molecule has 5 heteroatoms. The number of hydrogen-bond donors (Lipinski definition) is 1. The maximum Gasteiger partial charge on any atom is 0.161 e. The van der Waals surface area contributed by atoms with E-state index in [0.717, 1.165) is 37.6 Å². The van der Waals surface area contributed by atoms with E-state index in [4.69, 9.17) is 9.47 Å². The molecule has 112 valence electrons. The van der Waals surface area contributed by atoms with E-state index in [1.807, 2.05) is 18.6 Å². The van der Waals surface area contributed by atoms with Crippen molar-refractivity contribution in [1.82, 2.24) is 14.9 Å². The van der Waals surface area contributed by atoms with Crippen molar-refractivity contribution in [2.24, 2.45) is 0 Å². The molecule has 0 unspecified atom stereocenters. The zero-order valence-electron chi connectivity index (χ0n) is 12.3. The first-order valence-electron chi connectivity index (χ1n) is 7.45. The zero-order chi connectivity index (χ0) is 14.5. The standard InChI is InChI=1S/C16H21N3O2/c1-2-19-12-18-11-14(19)10-17-6-5-13-3-4-15-16(9-13)21-8-7-20-15/h3-4,9,11-12,17H,2,5-8,10H2,1H3. The summed E-state index contributed by atoms with van der Waals surface area (Å²) in [6.07, 6.45) is 4.76. The first-order chi connectivity index (χ1) is 10.4. The van der Waals surface area contributed by atoms with Crippen LogP contribution in [0.2, 0.25) is 0 Å². The molecular formula is C16H21N3O2. The van der Waals surface area contributed by atoms with E-state index in [1.54, 1.807) is 0 Å². The molecular weight excluding hydrogens is 266 g/mol. The van der Waals surface area contributed by atoms with E-state index in [1.165, 1.54) is 11.3 Å². The Kier molecular flexibility index (Phi) is 4.40. The number of rotatable bonds is 6. The Morgan fingerprint density at radius 1 is 1.24 bits per heavy atom. The molecule has 0 spiro atoms. The Morgan fingerprint density at radius 3 is 2.95 bits per heavy atom. The molecule has 5 nitrogen and oxygen atoms in total. The zero-order valence-corrected chi connectivity index (χ0v) is 12.3. The molecule has 0 radical (unpaired) electrons. The fourth-order valence-corrected chi connectivity index (χ4v) is 2.47. The summed E-state index contributed by atoms with van der Waals surface area (Å²) in [5.74, 6) is 1.72. The van der Waals surface area contributed by atoms with Crippen LogP contribution in [-0.2, 0) is 19.5 Å². The van der Waals surface area contributed by atoms with Gasteiger partial charge in [-0.15, -0.1) is 0 Å². The van der Waals surface area contributed by atoms with Crippen LogP contribution in [0.15, 0.2) is 30.7 Å². The van der Waals surface area contributed by atoms with Crippen LogP contribution in [0.5, 0.6) is 11.5 Å². The van der Waals surface area contributed by atoms with Crippen molar-refractivity contribution in [2.75, 3.05) is 19.8 Å². The van der Waals surface area contributed by atoms with Crippen LogP contribution in [0.25, 0.3) is 0 Å². The fourth-order valence-electron chi connectivity index (χ4n) is 2.47. The first kappa shape index (κ1) is 13.9. The second kappa shape index (κ2) is 6.63. The van der Waals surface area contributed by atoms with E-state index in [0.29, 0.717) is 13.2 Å². The van der Waals surface area contributed by atoms with E-state index in [2.05, 4.69) is 33.9 Å². The third-order valence-electron chi connectivity index (χ3n) is 3.64. The molecule has 1 N–H and O–H groups in total. The number of benzene rings is 1. The van der Waals surface area contributed by atoms with E-state index in [9.17, 15) is 0 Å². The summed E-state index contributed by atoms with van der Waals surface area (Å²) in [7, 11) is 0. The lowest BCUT2D eigenvalue weighted by Crippen LogP contribution is -2.19. The third kappa shape index (κ3) is 3.36. The highest BCUT2D eigenvalue weighted by Crippen LogP contribution is 2.30. The minimum atomic E-state index is 0.635. The van der Waals surface area contributed by atoms with Crippen LogP contribution < -0.4 is 14.8 Å². The lowest BCUT2D eigenvalue weighted by Gasteiger charge is -2.18. The Balaban J connectivity index is 1.49. The molecule has 0 bridgehead atoms. The quantitative estimate of drug-likeness (QED) is 0.826. The summed E-state index contributed by atoms with van der Waals surface area (Å²) >= 11 is 0. The molecule has 2 aromatic rings. The minimum absolute atomic E-state index is 0.635. The van der Waals surface area contributed by atoms with Crippen LogP contribution in [0.4, 0.5) is 0 Å². The number of aryl methyl sites for hydroxylation is 1. The molecule has 1 aliphatic heterocycles. The Labute approximate surface area is 124 Å². The molecule has 1 aliphatic rings. The summed E-state index contributed by atoms with van der Waals surface area (Å²) in [5.41, 5.74) is 2.48. The van der Waals surface area contributed by atoms with Crippen molar-refractivity contribution in [3.63, 3.8) is 0 Å². The van der Waals surface area contributed by atoms with Crippen molar-refractivity contribution in [3.05, 3.63) is 42.0 Å². The molecule has 0 fully saturated rings. The number of nitrogens with zero attached hydrogens (tertiary/aromatic N) is 2. The molecule has 0 aliphatic carbocycles. The molecule has 1 aromatic heterocycles. The van der Waals surface area contributed by atoms with Gasteiger partial charge in [0.15, 0.2) is 11.5 Å². The van der Waals surface area contributed by atoms with Crippen LogP contribution >= 0.6 is 0 Å². The average molecular weight is 287 g/mol. The lowest BCUT2D eigenvalue weighted by molar-refractivity contribution is 0.171. The second-order valence-corrected chi connectivity index (χ2v) is 5.08. The van der Waals surface area contributed by atoms with Gasteiger partial charge in [-0.1, -0.05) is 6.07 Å². The monoisotopic (exact) mass is 287 g/mol. The number of imidazole rings is 1. The third-order valence-corrected chi connectivity index (χ3v) is 3.64. The summed E-state index contributed by atoms with van der Waals surface area (Å²) in [4.78, 5) is 4.17. The molecule has 0 saturated carbocycles. The average Bonchev–Trinajstić information content (AvgIpc) is 2.99. The van der Waals surface area contributed by atoms with Gasteiger partial charge in [-0.05, 0) is 37.6 Å². The maximum atomic E-state index is 5.60. The van der Waals surface area contributed by atoms with Crippen molar-refractivity contribution >= 4 is 0 Å². The summed E-state index contributed by atoms with van der Waals surface area (Å²) < 4.78 is 13.3. The number of aromatic nitrogens is 2. The largest absolute Gasteiger partial charge is 0.486 e. The predicted octanol–water partition coefficient (Wildman–Crippen LogP) is 2.01. The van der Waals surface area contributed by atoms with Crippen LogP contribution in [0.1, 0.15) is 18.2 Å². The predicted molar refractivity (Wildman–Crippen MR) is 80.7 cm³/mol. The van der Waals surface area contributed by atoms with E-state index >= 15 is 0 Å². The lowest BCUT2D eigenvalue weighted by atomic mass is 10.1. The number of ether oxygens (including phenoxy) is 2. The summed E-state index contributed by atoms with van der Waals surface area (Å²) in [6.45, 7) is 6.13. The minimum Gasteiger partial charge on any atom is -0.486 e. The first-order valence-corrected chi connectivity index (χ1v) is 7.45. The number of fused-ring (bicyclic) bond motifs is 1. The number of hydrogen-bond acceptors (Lipinski definition) is 4. The smallest absolute Gasteiger partial charge is 0.161 e. The van der Waals surface area contributed by atoms with Gasteiger partial charge in [0.25, 0.3) is 0 Å². The van der Waals surface area contributed by atoms with Gasteiger partial charge in [-0.3, -0.25) is 0 Å². The van der Waals surface area contributed by atoms with Gasteiger partial charge in [0.1, 0.15) is 13.2 Å². The SMILES string of the molecule is CCn1cncc1CNCCc1ccc2c(c1)OCCO2. The van der Waals surface area contributed by atoms with Crippen LogP contribution in [-0.4, -0.2) is 29.3 Å². The topological polar surface area (TPSA) is 48.3 Å². The second-order valence-electron chi connectivity index (χ2n) is 5.08. The normalized spacial score (nSPS) is 13.4. The molecule has 0 saturated heterocycles. The fraction of sp³-hybridized carbons (Fsp3) is 0.438. The van der Waals surface area contributed by atoms with Gasteiger partial charge >= 0.3 is 0 Å². The van der Waals surface area contributed by atoms with Crippen molar-refractivity contribution in [1.29, 1.82) is 0 Å². The number of nitrogens with one attached hydrogen (secondary N) is 1. The molecule has 1 aromatic carbocycles. The van der Waals surface area contributed by atoms with Gasteiger partial charge in [0, 0.05) is 19.3 Å². The van der Waals surface area contributed by atoms with Crippen LogP contribution in [0.3, 0.4) is 0 Å². The highest BCUT2D eigenvalue weighted by atomic mass is 16.6. The maximum absolute atomic E-state index is 5.60. The molecule has 21 heavy (non-hydrogen) atoms. The van der Waals surface area contributed by atoms with E-state index in [-0.39, 0.29) is 0 Å². The Morgan fingerprint density at radius 2 is 2.10 bits per heavy atom. The Hall–Kier alpha value is -2.01. The molecule has 3 rings (SSSR count). The van der Waals surface area contributed by atoms with Crippen molar-refractivity contribution in [2.45, 2.75) is 26.4 Å². The van der Waals surface area contributed by atoms with Gasteiger partial charge in [-0.25, -0.2) is 4.98 Å². The molecule has 2 heterocycles. The van der Waals surface area contributed by atoms with Gasteiger partial charge in [0.2, 0.25) is 0 Å². The van der Waals surface area contributed by atoms with Crippen molar-refractivity contribution < 1.29 is 9.47 Å². The van der Waals surface area contributed by atoms with Crippen molar-refractivity contribution in [3.8, 4) is 11.5 Å². The molecule has 0 atom stereocenters. The highest BCUT2D eigenvalue weighted by Gasteiger charge is 2.11. The highest BCUT2D eigenvalue weighted by molar-refractivity contribution is 5.43. The Bertz CT molecular complexity index is 595. The van der Waals surface area contributed by atoms with Gasteiger partial charge < -0.3 is 19.4 Å². The van der Waals surface area contributed by atoms with E-state index < -0.39 is 0 Å². The van der Waals surface area contributed by atoms with Crippen LogP contribution in [0, 0.1) is 0 Å². The summed E-state index contributed by atoms with van der Waals surface area (Å²) in [6, 6.07) is 6.17.